The fourth-order valence-corrected chi connectivity index (χ4v) is 1.72. The molecule has 0 heterocycles. The Morgan fingerprint density at radius 2 is 2.21 bits per heavy atom. The third-order valence-corrected chi connectivity index (χ3v) is 2.83. The van der Waals surface area contributed by atoms with Crippen molar-refractivity contribution in [3.63, 3.8) is 0 Å². The van der Waals surface area contributed by atoms with E-state index in [1.807, 2.05) is 6.92 Å². The van der Waals surface area contributed by atoms with E-state index >= 15 is 0 Å². The van der Waals surface area contributed by atoms with Gasteiger partial charge in [-0.1, -0.05) is 20.3 Å². The van der Waals surface area contributed by atoms with Crippen molar-refractivity contribution in [3.8, 4) is 5.75 Å². The summed E-state index contributed by atoms with van der Waals surface area (Å²) in [7, 11) is 1.43. The molecule has 0 fully saturated rings. The summed E-state index contributed by atoms with van der Waals surface area (Å²) in [6.45, 7) is 3.79. The third-order valence-electron chi connectivity index (χ3n) is 2.83. The highest BCUT2D eigenvalue weighted by molar-refractivity contribution is 5.94. The van der Waals surface area contributed by atoms with E-state index in [0.717, 1.165) is 12.8 Å². The Kier molecular flexibility index (Phi) is 5.29. The summed E-state index contributed by atoms with van der Waals surface area (Å²) in [6, 6.07) is 4.35. The van der Waals surface area contributed by atoms with Crippen molar-refractivity contribution >= 4 is 17.3 Å². The Morgan fingerprint density at radius 3 is 2.74 bits per heavy atom. The molecule has 104 valence electrons. The molecule has 0 radical (unpaired) electrons. The molecule has 0 aromatic heterocycles. The number of nitro groups is 1. The second kappa shape index (κ2) is 6.72. The van der Waals surface area contributed by atoms with Crippen LogP contribution in [0.2, 0.25) is 0 Å². The van der Waals surface area contributed by atoms with E-state index in [1.165, 1.54) is 19.2 Å². The van der Waals surface area contributed by atoms with Gasteiger partial charge in [-0.05, 0) is 18.6 Å². The zero-order valence-corrected chi connectivity index (χ0v) is 11.3. The fourth-order valence-electron chi connectivity index (χ4n) is 1.72. The first-order valence-electron chi connectivity index (χ1n) is 6.12. The fraction of sp³-hybridized carbons (Fsp3) is 0.462. The van der Waals surface area contributed by atoms with Crippen LogP contribution in [-0.4, -0.2) is 17.9 Å². The zero-order valence-electron chi connectivity index (χ0n) is 11.3. The Bertz CT molecular complexity index is 474. The lowest BCUT2D eigenvalue weighted by molar-refractivity contribution is -0.384. The van der Waals surface area contributed by atoms with Crippen LogP contribution in [0, 0.1) is 16.0 Å². The monoisotopic (exact) mass is 266 g/mol. The quantitative estimate of drug-likeness (QED) is 0.634. The first kappa shape index (κ1) is 14.9. The first-order chi connectivity index (χ1) is 8.99. The minimum absolute atomic E-state index is 0.170. The molecule has 0 aliphatic rings. The van der Waals surface area contributed by atoms with Crippen molar-refractivity contribution < 1.29 is 14.5 Å². The predicted octanol–water partition coefficient (Wildman–Crippen LogP) is 2.98. The number of nitrogens with one attached hydrogen (secondary N) is 1. The number of methoxy groups -OCH3 is 1. The van der Waals surface area contributed by atoms with Gasteiger partial charge in [0.15, 0.2) is 0 Å². The highest BCUT2D eigenvalue weighted by Gasteiger charge is 2.19. The summed E-state index contributed by atoms with van der Waals surface area (Å²) in [5.74, 6) is -0.00636. The lowest BCUT2D eigenvalue weighted by Gasteiger charge is -2.11. The van der Waals surface area contributed by atoms with Gasteiger partial charge in [-0.15, -0.1) is 0 Å². The van der Waals surface area contributed by atoms with Gasteiger partial charge in [0.25, 0.3) is 5.69 Å². The molecule has 6 nitrogen and oxygen atoms in total. The van der Waals surface area contributed by atoms with Crippen LogP contribution in [0.5, 0.6) is 5.75 Å². The summed E-state index contributed by atoms with van der Waals surface area (Å²) < 4.78 is 4.93. The molecule has 1 aromatic carbocycles. The topological polar surface area (TPSA) is 81.5 Å². The van der Waals surface area contributed by atoms with E-state index in [1.54, 1.807) is 13.0 Å². The molecule has 0 spiro atoms. The molecule has 6 heteroatoms. The van der Waals surface area contributed by atoms with Crippen LogP contribution in [0.3, 0.4) is 0 Å². The van der Waals surface area contributed by atoms with Crippen LogP contribution in [0.15, 0.2) is 18.2 Å². The Labute approximate surface area is 111 Å². The zero-order chi connectivity index (χ0) is 14.4. The molecule has 1 aromatic rings. The molecular formula is C13H18N2O4. The van der Waals surface area contributed by atoms with E-state index in [0.29, 0.717) is 5.75 Å². The minimum atomic E-state index is -0.539. The molecule has 1 N–H and O–H groups in total. The number of carbonyl (C=O) groups excluding carboxylic acids is 1. The predicted molar refractivity (Wildman–Crippen MR) is 72.4 cm³/mol. The molecule has 0 aliphatic heterocycles. The van der Waals surface area contributed by atoms with Crippen molar-refractivity contribution in [1.29, 1.82) is 0 Å². The Morgan fingerprint density at radius 1 is 1.53 bits per heavy atom. The number of carbonyl (C=O) groups is 1. The smallest absolute Gasteiger partial charge is 0.296 e. The maximum absolute atomic E-state index is 11.9. The number of amides is 1. The highest BCUT2D eigenvalue weighted by Crippen LogP contribution is 2.29. The van der Waals surface area contributed by atoms with Gasteiger partial charge in [-0.25, -0.2) is 0 Å². The van der Waals surface area contributed by atoms with Crippen molar-refractivity contribution in [2.24, 2.45) is 5.92 Å². The van der Waals surface area contributed by atoms with Crippen LogP contribution < -0.4 is 10.1 Å². The van der Waals surface area contributed by atoms with Crippen LogP contribution in [0.25, 0.3) is 0 Å². The summed E-state index contributed by atoms with van der Waals surface area (Å²) >= 11 is 0. The van der Waals surface area contributed by atoms with Crippen LogP contribution in [0.4, 0.5) is 11.4 Å². The summed E-state index contributed by atoms with van der Waals surface area (Å²) in [4.78, 5) is 22.3. The second-order valence-corrected chi connectivity index (χ2v) is 4.32. The van der Waals surface area contributed by atoms with Gasteiger partial charge in [0.1, 0.15) is 11.4 Å². The standard InChI is InChI=1S/C13H18N2O4/c1-4-5-9(2)13(16)14-11-7-6-10(19-3)8-12(11)15(17)18/h6-9H,4-5H2,1-3H3,(H,14,16)/t9-/m0/s1. The lowest BCUT2D eigenvalue weighted by Crippen LogP contribution is -2.20. The number of benzene rings is 1. The number of hydrogen-bond acceptors (Lipinski definition) is 4. The van der Waals surface area contributed by atoms with Crippen LogP contribution in [-0.2, 0) is 4.79 Å². The number of hydrogen-bond donors (Lipinski definition) is 1. The number of nitrogens with zero attached hydrogens (tertiary/aromatic N) is 1. The van der Waals surface area contributed by atoms with Gasteiger partial charge in [-0.3, -0.25) is 14.9 Å². The number of rotatable bonds is 6. The molecule has 0 unspecified atom stereocenters. The van der Waals surface area contributed by atoms with Gasteiger partial charge in [-0.2, -0.15) is 0 Å². The third kappa shape index (κ3) is 3.94. The molecule has 1 amide bonds. The molecule has 0 saturated carbocycles. The second-order valence-electron chi connectivity index (χ2n) is 4.32. The van der Waals surface area contributed by atoms with Gasteiger partial charge >= 0.3 is 0 Å². The van der Waals surface area contributed by atoms with E-state index < -0.39 is 4.92 Å². The van der Waals surface area contributed by atoms with E-state index in [2.05, 4.69) is 5.32 Å². The summed E-state index contributed by atoms with van der Waals surface area (Å²) in [6.07, 6.45) is 1.63. The van der Waals surface area contributed by atoms with Crippen molar-refractivity contribution in [1.82, 2.24) is 0 Å². The molecule has 19 heavy (non-hydrogen) atoms. The largest absolute Gasteiger partial charge is 0.496 e. The molecular weight excluding hydrogens is 248 g/mol. The lowest BCUT2D eigenvalue weighted by atomic mass is 10.1. The average Bonchev–Trinajstić information content (AvgIpc) is 2.39. The van der Waals surface area contributed by atoms with Gasteiger partial charge in [0, 0.05) is 5.92 Å². The SMILES string of the molecule is CCC[C@H](C)C(=O)Nc1ccc(OC)cc1[N+](=O)[O-]. The van der Waals surface area contributed by atoms with Crippen LogP contribution in [0.1, 0.15) is 26.7 Å². The number of anilines is 1. The summed E-state index contributed by atoms with van der Waals surface area (Å²) in [5, 5.41) is 13.6. The minimum Gasteiger partial charge on any atom is -0.496 e. The van der Waals surface area contributed by atoms with Crippen LogP contribution >= 0.6 is 0 Å². The Hall–Kier alpha value is -2.11. The number of nitro benzene ring substituents is 1. The van der Waals surface area contributed by atoms with Gasteiger partial charge in [0.05, 0.1) is 18.1 Å². The van der Waals surface area contributed by atoms with Crippen molar-refractivity contribution in [2.45, 2.75) is 26.7 Å². The molecule has 1 atom stereocenters. The maximum atomic E-state index is 11.9. The van der Waals surface area contributed by atoms with Gasteiger partial charge < -0.3 is 10.1 Å². The number of ether oxygens (including phenoxy) is 1. The molecule has 1 rings (SSSR count). The Balaban J connectivity index is 2.94. The van der Waals surface area contributed by atoms with Crippen molar-refractivity contribution in [2.75, 3.05) is 12.4 Å². The first-order valence-corrected chi connectivity index (χ1v) is 6.12. The molecule has 0 saturated heterocycles. The summed E-state index contributed by atoms with van der Waals surface area (Å²) in [5.41, 5.74) is 0.0233. The van der Waals surface area contributed by atoms with E-state index in [-0.39, 0.29) is 23.2 Å². The highest BCUT2D eigenvalue weighted by atomic mass is 16.6. The molecule has 0 bridgehead atoms. The molecule has 0 aliphatic carbocycles. The van der Waals surface area contributed by atoms with E-state index in [9.17, 15) is 14.9 Å². The van der Waals surface area contributed by atoms with E-state index in [4.69, 9.17) is 4.74 Å². The maximum Gasteiger partial charge on any atom is 0.296 e. The van der Waals surface area contributed by atoms with Crippen molar-refractivity contribution in [3.05, 3.63) is 28.3 Å². The normalized spacial score (nSPS) is 11.7. The van der Waals surface area contributed by atoms with Gasteiger partial charge in [0.2, 0.25) is 5.91 Å². The average molecular weight is 266 g/mol.